The van der Waals surface area contributed by atoms with Crippen LogP contribution in [0.5, 0.6) is 0 Å². The largest absolute Gasteiger partial charge is 0.258 e. The SMILES string of the molecule is [CH+]=c1ccc(=C=N)cc1. The van der Waals surface area contributed by atoms with Crippen LogP contribution in [0.3, 0.4) is 0 Å². The molecule has 0 saturated heterocycles. The third-order valence-electron chi connectivity index (χ3n) is 1.06. The smallest absolute Gasteiger partial charge is 0.180 e. The highest BCUT2D eigenvalue weighted by Crippen LogP contribution is 1.62. The Hall–Kier alpha value is -1.42. The summed E-state index contributed by atoms with van der Waals surface area (Å²) in [6.07, 6.45) is 0. The van der Waals surface area contributed by atoms with Gasteiger partial charge in [-0.3, -0.25) is 5.41 Å². The van der Waals surface area contributed by atoms with Crippen LogP contribution in [0.2, 0.25) is 0 Å². The van der Waals surface area contributed by atoms with E-state index in [2.05, 4.69) is 5.87 Å². The molecule has 0 aromatic heterocycles. The molecule has 0 fully saturated rings. The van der Waals surface area contributed by atoms with Gasteiger partial charge in [-0.15, -0.1) is 0 Å². The van der Waals surface area contributed by atoms with E-state index in [0.29, 0.717) is 5.22 Å². The van der Waals surface area contributed by atoms with Gasteiger partial charge in [0.1, 0.15) is 0 Å². The summed E-state index contributed by atoms with van der Waals surface area (Å²) in [7, 11) is 0. The second-order valence-corrected chi connectivity index (χ2v) is 1.75. The quantitative estimate of drug-likeness (QED) is 0.361. The Balaban J connectivity index is 3.51. The van der Waals surface area contributed by atoms with Crippen LogP contribution >= 0.6 is 0 Å². The predicted molar refractivity (Wildman–Crippen MR) is 37.0 cm³/mol. The zero-order chi connectivity index (χ0) is 6.69. The summed E-state index contributed by atoms with van der Waals surface area (Å²) in [6, 6.07) is 7.00. The van der Waals surface area contributed by atoms with Crippen molar-refractivity contribution in [1.29, 1.82) is 5.41 Å². The Bertz CT molecular complexity index is 297. The van der Waals surface area contributed by atoms with Gasteiger partial charge in [-0.05, 0) is 5.87 Å². The van der Waals surface area contributed by atoms with Crippen LogP contribution in [0.15, 0.2) is 24.3 Å². The van der Waals surface area contributed by atoms with Gasteiger partial charge in [0.2, 0.25) is 0 Å². The second-order valence-electron chi connectivity index (χ2n) is 1.75. The van der Waals surface area contributed by atoms with Crippen molar-refractivity contribution in [3.05, 3.63) is 34.7 Å². The molecule has 9 heavy (non-hydrogen) atoms. The minimum absolute atomic E-state index is 0.717. The van der Waals surface area contributed by atoms with Crippen LogP contribution in [0.25, 0.3) is 6.58 Å². The lowest BCUT2D eigenvalue weighted by Crippen LogP contribution is -2.05. The van der Waals surface area contributed by atoms with Gasteiger partial charge in [0.15, 0.2) is 5.22 Å². The topological polar surface area (TPSA) is 23.9 Å². The number of hydrogen-bond acceptors (Lipinski definition) is 1. The van der Waals surface area contributed by atoms with Gasteiger partial charge in [-0.2, -0.15) is 0 Å². The van der Waals surface area contributed by atoms with E-state index in [1.54, 1.807) is 24.3 Å². The summed E-state index contributed by atoms with van der Waals surface area (Å²) in [4.78, 5) is 0. The van der Waals surface area contributed by atoms with Crippen LogP contribution in [0, 0.1) is 5.41 Å². The van der Waals surface area contributed by atoms with Gasteiger partial charge in [-0.1, -0.05) is 0 Å². The fraction of sp³-hybridized carbons (Fsp3) is 0. The van der Waals surface area contributed by atoms with Crippen LogP contribution in [0.4, 0.5) is 0 Å². The van der Waals surface area contributed by atoms with Gasteiger partial charge < -0.3 is 0 Å². The Morgan fingerprint density at radius 3 is 2.22 bits per heavy atom. The molecular formula is C8H6N+. The molecule has 0 atom stereocenters. The Morgan fingerprint density at radius 2 is 1.78 bits per heavy atom. The maximum atomic E-state index is 6.72. The molecule has 0 aliphatic rings. The van der Waals surface area contributed by atoms with Gasteiger partial charge in [0.25, 0.3) is 0 Å². The van der Waals surface area contributed by atoms with Crippen molar-refractivity contribution < 1.29 is 0 Å². The Labute approximate surface area is 53.5 Å². The third-order valence-corrected chi connectivity index (χ3v) is 1.06. The van der Waals surface area contributed by atoms with Crippen molar-refractivity contribution in [2.75, 3.05) is 0 Å². The number of nitrogens with one attached hydrogen (secondary N) is 1. The molecule has 1 nitrogen and oxygen atoms in total. The molecule has 0 unspecified atom stereocenters. The lowest BCUT2D eigenvalue weighted by atomic mass is 10.3. The van der Waals surface area contributed by atoms with Crippen LogP contribution in [0.1, 0.15) is 0 Å². The highest BCUT2D eigenvalue weighted by Gasteiger charge is 1.82. The molecule has 0 radical (unpaired) electrons. The maximum Gasteiger partial charge on any atom is 0.180 e. The first kappa shape index (κ1) is 5.71. The summed E-state index contributed by atoms with van der Waals surface area (Å²) < 4.78 is 0. The van der Waals surface area contributed by atoms with Crippen LogP contribution in [-0.4, -0.2) is 5.87 Å². The molecule has 0 saturated carbocycles. The van der Waals surface area contributed by atoms with E-state index in [1.165, 1.54) is 0 Å². The maximum absolute atomic E-state index is 6.72. The lowest BCUT2D eigenvalue weighted by Gasteiger charge is -1.69. The van der Waals surface area contributed by atoms with Crippen molar-refractivity contribution in [2.24, 2.45) is 0 Å². The van der Waals surface area contributed by atoms with Crippen molar-refractivity contribution in [1.82, 2.24) is 0 Å². The third kappa shape index (κ3) is 1.23. The van der Waals surface area contributed by atoms with Gasteiger partial charge in [0.05, 0.1) is 17.4 Å². The van der Waals surface area contributed by atoms with E-state index in [0.717, 1.165) is 5.22 Å². The normalized spacial score (nSPS) is 8.33. The molecule has 1 heteroatoms. The van der Waals surface area contributed by atoms with Crippen molar-refractivity contribution in [3.63, 3.8) is 0 Å². The molecule has 42 valence electrons. The van der Waals surface area contributed by atoms with Crippen molar-refractivity contribution in [2.45, 2.75) is 0 Å². The molecule has 0 bridgehead atoms. The first-order valence-corrected chi connectivity index (χ1v) is 2.61. The van der Waals surface area contributed by atoms with Crippen molar-refractivity contribution in [3.8, 4) is 0 Å². The van der Waals surface area contributed by atoms with E-state index in [-0.39, 0.29) is 0 Å². The highest BCUT2D eigenvalue weighted by atomic mass is 14.3. The molecule has 0 heterocycles. The fourth-order valence-corrected chi connectivity index (χ4v) is 0.566. The molecule has 0 aliphatic carbocycles. The standard InChI is InChI=1S/C8H6N/c1-7-2-4-8(6-9)5-3-7/h1-5,9H/q+1. The average Bonchev–Trinajstić information content (AvgIpc) is 1.90. The minimum Gasteiger partial charge on any atom is -0.258 e. The summed E-state index contributed by atoms with van der Waals surface area (Å²) in [6.45, 7) is 5.39. The van der Waals surface area contributed by atoms with E-state index in [1.807, 2.05) is 0 Å². The minimum atomic E-state index is 0.717. The lowest BCUT2D eigenvalue weighted by molar-refractivity contribution is 1.53. The van der Waals surface area contributed by atoms with Gasteiger partial charge >= 0.3 is 0 Å². The summed E-state index contributed by atoms with van der Waals surface area (Å²) in [5.74, 6) is 2.25. The molecule has 0 amide bonds. The van der Waals surface area contributed by atoms with E-state index < -0.39 is 0 Å². The Morgan fingerprint density at radius 1 is 1.22 bits per heavy atom. The molecule has 0 spiro atoms. The van der Waals surface area contributed by atoms with Crippen molar-refractivity contribution >= 4 is 12.4 Å². The molecule has 1 N–H and O–H groups in total. The zero-order valence-electron chi connectivity index (χ0n) is 4.89. The first-order chi connectivity index (χ1) is 4.33. The average molecular weight is 116 g/mol. The van der Waals surface area contributed by atoms with Gasteiger partial charge in [-0.25, -0.2) is 0 Å². The zero-order valence-corrected chi connectivity index (χ0v) is 4.89. The summed E-state index contributed by atoms with van der Waals surface area (Å²) in [5, 5.41) is 8.19. The second kappa shape index (κ2) is 2.23. The number of benzene rings is 1. The predicted octanol–water partition coefficient (Wildman–Crippen LogP) is -0.106. The summed E-state index contributed by atoms with van der Waals surface area (Å²) >= 11 is 0. The monoisotopic (exact) mass is 116 g/mol. The van der Waals surface area contributed by atoms with E-state index in [9.17, 15) is 0 Å². The summed E-state index contributed by atoms with van der Waals surface area (Å²) in [5.41, 5.74) is 0. The van der Waals surface area contributed by atoms with E-state index in [4.69, 9.17) is 12.0 Å². The van der Waals surface area contributed by atoms with Crippen LogP contribution in [-0.2, 0) is 0 Å². The van der Waals surface area contributed by atoms with Gasteiger partial charge in [0, 0.05) is 18.7 Å². The molecule has 1 rings (SSSR count). The fourth-order valence-electron chi connectivity index (χ4n) is 0.566. The number of hydrogen-bond donors (Lipinski definition) is 1. The van der Waals surface area contributed by atoms with Crippen LogP contribution < -0.4 is 10.4 Å². The highest BCUT2D eigenvalue weighted by molar-refractivity contribution is 5.47. The molecule has 0 aliphatic heterocycles. The molecular weight excluding hydrogens is 110 g/mol. The Kier molecular flexibility index (Phi) is 1.42. The number of rotatable bonds is 0. The van der Waals surface area contributed by atoms with E-state index >= 15 is 0 Å². The molecule has 1 aromatic rings. The molecule has 1 aromatic carbocycles. The first-order valence-electron chi connectivity index (χ1n) is 2.61.